The largest absolute Gasteiger partial charge is 0.481 e. The number of aliphatic carboxylic acids is 1. The number of carboxylic acid groups (broad SMARTS) is 1. The van der Waals surface area contributed by atoms with Gasteiger partial charge in [0.2, 0.25) is 0 Å². The lowest BCUT2D eigenvalue weighted by Crippen LogP contribution is -2.47. The third-order valence-electron chi connectivity index (χ3n) is 2.99. The molecule has 0 aliphatic carbocycles. The van der Waals surface area contributed by atoms with Crippen LogP contribution in [0, 0.1) is 5.92 Å². The first kappa shape index (κ1) is 11.1. The molecule has 1 aliphatic rings. The van der Waals surface area contributed by atoms with Crippen molar-refractivity contribution in [2.45, 2.75) is 26.4 Å². The van der Waals surface area contributed by atoms with E-state index in [0.29, 0.717) is 12.3 Å². The monoisotopic (exact) mass is 223 g/mol. The highest BCUT2D eigenvalue weighted by atomic mass is 16.4. The zero-order valence-electron chi connectivity index (χ0n) is 9.46. The lowest BCUT2D eigenvalue weighted by atomic mass is 9.96. The molecule has 0 amide bonds. The highest BCUT2D eigenvalue weighted by Crippen LogP contribution is 2.21. The van der Waals surface area contributed by atoms with Crippen molar-refractivity contribution in [3.8, 4) is 0 Å². The number of aryl methyl sites for hydroxylation is 1. The lowest BCUT2D eigenvalue weighted by Gasteiger charge is -2.38. The van der Waals surface area contributed by atoms with Gasteiger partial charge in [-0.3, -0.25) is 14.4 Å². The second-order valence-corrected chi connectivity index (χ2v) is 4.30. The predicted octanol–water partition coefficient (Wildman–Crippen LogP) is 0.809. The summed E-state index contributed by atoms with van der Waals surface area (Å²) < 4.78 is 1.98. The van der Waals surface area contributed by atoms with Crippen LogP contribution < -0.4 is 0 Å². The summed E-state index contributed by atoms with van der Waals surface area (Å²) in [7, 11) is 0. The van der Waals surface area contributed by atoms with Crippen LogP contribution in [0.5, 0.6) is 0 Å². The summed E-state index contributed by atoms with van der Waals surface area (Å²) in [6.45, 7) is 5.61. The maximum Gasteiger partial charge on any atom is 0.303 e. The molecular weight excluding hydrogens is 206 g/mol. The number of nitrogens with zero attached hydrogens (tertiary/aromatic N) is 3. The fourth-order valence-electron chi connectivity index (χ4n) is 2.19. The van der Waals surface area contributed by atoms with E-state index in [-0.39, 0.29) is 0 Å². The zero-order chi connectivity index (χ0) is 11.5. The van der Waals surface area contributed by atoms with Gasteiger partial charge in [-0.1, -0.05) is 0 Å². The van der Waals surface area contributed by atoms with Crippen molar-refractivity contribution in [2.75, 3.05) is 13.1 Å². The summed E-state index contributed by atoms with van der Waals surface area (Å²) in [6, 6.07) is 2.02. The molecule has 0 atom stereocenters. The number of hydrogen-bond donors (Lipinski definition) is 1. The van der Waals surface area contributed by atoms with Crippen LogP contribution in [-0.4, -0.2) is 38.8 Å². The molecule has 1 fully saturated rings. The topological polar surface area (TPSA) is 58.4 Å². The molecule has 1 aromatic rings. The first-order valence-corrected chi connectivity index (χ1v) is 5.64. The molecule has 16 heavy (non-hydrogen) atoms. The number of aromatic nitrogens is 2. The van der Waals surface area contributed by atoms with E-state index < -0.39 is 5.97 Å². The van der Waals surface area contributed by atoms with Gasteiger partial charge in [-0.15, -0.1) is 0 Å². The normalized spacial score (nSPS) is 17.3. The summed E-state index contributed by atoms with van der Waals surface area (Å²) in [4.78, 5) is 12.8. The number of carbonyl (C=O) groups is 1. The molecule has 0 bridgehead atoms. The Balaban J connectivity index is 1.79. The van der Waals surface area contributed by atoms with E-state index in [9.17, 15) is 4.79 Å². The van der Waals surface area contributed by atoms with Gasteiger partial charge >= 0.3 is 5.97 Å². The van der Waals surface area contributed by atoms with Crippen molar-refractivity contribution >= 4 is 5.97 Å². The van der Waals surface area contributed by atoms with E-state index in [0.717, 1.165) is 26.2 Å². The van der Waals surface area contributed by atoms with Crippen LogP contribution in [-0.2, 0) is 17.9 Å². The Bertz CT molecular complexity index is 369. The molecule has 1 aromatic heterocycles. The van der Waals surface area contributed by atoms with Crippen molar-refractivity contribution in [1.82, 2.24) is 14.7 Å². The van der Waals surface area contributed by atoms with Gasteiger partial charge < -0.3 is 5.11 Å². The Morgan fingerprint density at radius 1 is 1.62 bits per heavy atom. The van der Waals surface area contributed by atoms with Crippen LogP contribution in [0.2, 0.25) is 0 Å². The Morgan fingerprint density at radius 2 is 2.38 bits per heavy atom. The summed E-state index contributed by atoms with van der Waals surface area (Å²) in [6.07, 6.45) is 2.11. The third-order valence-corrected chi connectivity index (χ3v) is 2.99. The van der Waals surface area contributed by atoms with Crippen LogP contribution >= 0.6 is 0 Å². The molecule has 0 unspecified atom stereocenters. The molecule has 1 aliphatic heterocycles. The SMILES string of the molecule is CCn1nccc1CN1CC(CC(=O)O)C1. The second-order valence-electron chi connectivity index (χ2n) is 4.30. The van der Waals surface area contributed by atoms with Gasteiger partial charge in [-0.2, -0.15) is 5.10 Å². The molecule has 88 valence electrons. The third kappa shape index (κ3) is 2.41. The van der Waals surface area contributed by atoms with Gasteiger partial charge in [0.1, 0.15) is 0 Å². The minimum absolute atomic E-state index is 0.295. The number of likely N-dealkylation sites (tertiary alicyclic amines) is 1. The minimum atomic E-state index is -0.691. The predicted molar refractivity (Wildman–Crippen MR) is 58.9 cm³/mol. The summed E-state index contributed by atoms with van der Waals surface area (Å²) in [5.74, 6) is -0.362. The molecule has 5 heteroatoms. The molecule has 2 rings (SSSR count). The smallest absolute Gasteiger partial charge is 0.303 e. The van der Waals surface area contributed by atoms with E-state index in [2.05, 4.69) is 16.9 Å². The Kier molecular flexibility index (Phi) is 3.24. The van der Waals surface area contributed by atoms with E-state index in [1.54, 1.807) is 0 Å². The highest BCUT2D eigenvalue weighted by Gasteiger charge is 2.28. The number of carboxylic acids is 1. The van der Waals surface area contributed by atoms with E-state index in [1.165, 1.54) is 5.69 Å². The Hall–Kier alpha value is -1.36. The fraction of sp³-hybridized carbons (Fsp3) is 0.636. The maximum atomic E-state index is 10.5. The number of hydrogen-bond acceptors (Lipinski definition) is 3. The van der Waals surface area contributed by atoms with Crippen LogP contribution in [0.3, 0.4) is 0 Å². The van der Waals surface area contributed by atoms with Crippen molar-refractivity contribution in [3.05, 3.63) is 18.0 Å². The molecule has 0 radical (unpaired) electrons. The van der Waals surface area contributed by atoms with E-state index >= 15 is 0 Å². The lowest BCUT2D eigenvalue weighted by molar-refractivity contribution is -0.139. The van der Waals surface area contributed by atoms with Gasteiger partial charge in [-0.25, -0.2) is 0 Å². The summed E-state index contributed by atoms with van der Waals surface area (Å²) in [5.41, 5.74) is 1.20. The summed E-state index contributed by atoms with van der Waals surface area (Å²) >= 11 is 0. The van der Waals surface area contributed by atoms with Crippen LogP contribution in [0.25, 0.3) is 0 Å². The van der Waals surface area contributed by atoms with Crippen LogP contribution in [0.4, 0.5) is 0 Å². The van der Waals surface area contributed by atoms with E-state index in [4.69, 9.17) is 5.11 Å². The standard InChI is InChI=1S/C11H17N3O2/c1-2-14-10(3-4-12-14)8-13-6-9(7-13)5-11(15)16/h3-4,9H,2,5-8H2,1H3,(H,15,16). The minimum Gasteiger partial charge on any atom is -0.481 e. The molecule has 5 nitrogen and oxygen atoms in total. The quantitative estimate of drug-likeness (QED) is 0.802. The Morgan fingerprint density at radius 3 is 3.00 bits per heavy atom. The van der Waals surface area contributed by atoms with E-state index in [1.807, 2.05) is 16.9 Å². The summed E-state index contributed by atoms with van der Waals surface area (Å²) in [5, 5.41) is 12.9. The maximum absolute atomic E-state index is 10.5. The Labute approximate surface area is 94.7 Å². The van der Waals surface area contributed by atoms with Gasteiger partial charge in [-0.05, 0) is 18.9 Å². The second kappa shape index (κ2) is 4.65. The zero-order valence-corrected chi connectivity index (χ0v) is 9.46. The van der Waals surface area contributed by atoms with Crippen molar-refractivity contribution in [1.29, 1.82) is 0 Å². The fourth-order valence-corrected chi connectivity index (χ4v) is 2.19. The average molecular weight is 223 g/mol. The molecule has 2 heterocycles. The molecule has 0 spiro atoms. The number of rotatable bonds is 5. The van der Waals surface area contributed by atoms with Crippen LogP contribution in [0.15, 0.2) is 12.3 Å². The average Bonchev–Trinajstić information content (AvgIpc) is 2.61. The molecule has 1 saturated heterocycles. The molecular formula is C11H17N3O2. The van der Waals surface area contributed by atoms with Gasteiger partial charge in [0.15, 0.2) is 0 Å². The van der Waals surface area contributed by atoms with Crippen LogP contribution in [0.1, 0.15) is 19.0 Å². The van der Waals surface area contributed by atoms with Gasteiger partial charge in [0, 0.05) is 32.4 Å². The highest BCUT2D eigenvalue weighted by molar-refractivity contribution is 5.67. The van der Waals surface area contributed by atoms with Gasteiger partial charge in [0.25, 0.3) is 0 Å². The first-order chi connectivity index (χ1) is 7.69. The van der Waals surface area contributed by atoms with Crippen molar-refractivity contribution in [2.24, 2.45) is 5.92 Å². The first-order valence-electron chi connectivity index (χ1n) is 5.64. The van der Waals surface area contributed by atoms with Crippen molar-refractivity contribution < 1.29 is 9.90 Å². The van der Waals surface area contributed by atoms with Gasteiger partial charge in [0.05, 0.1) is 12.1 Å². The van der Waals surface area contributed by atoms with Crippen molar-refractivity contribution in [3.63, 3.8) is 0 Å². The molecule has 1 N–H and O–H groups in total. The molecule has 0 saturated carbocycles. The molecule has 0 aromatic carbocycles.